The van der Waals surface area contributed by atoms with E-state index in [1.54, 1.807) is 0 Å². The van der Waals surface area contributed by atoms with E-state index in [1.165, 1.54) is 16.6 Å². The average Bonchev–Trinajstić information content (AvgIpc) is 3.98. The zero-order valence-electron chi connectivity index (χ0n) is 29.0. The molecule has 11 aromatic rings. The number of carbonyl (C=O) groups is 1. The van der Waals surface area contributed by atoms with Gasteiger partial charge in [0.05, 0.1) is 16.6 Å². The first kappa shape index (κ1) is 29.5. The summed E-state index contributed by atoms with van der Waals surface area (Å²) in [5, 5.41) is 7.87. The van der Waals surface area contributed by atoms with Gasteiger partial charge in [-0.25, -0.2) is 0 Å². The summed E-state index contributed by atoms with van der Waals surface area (Å²) < 4.78 is 17.7. The Morgan fingerprint density at radius 3 is 1.65 bits per heavy atom. The third-order valence-electron chi connectivity index (χ3n) is 11.4. The van der Waals surface area contributed by atoms with Gasteiger partial charge in [0.25, 0.3) is 0 Å². The van der Waals surface area contributed by atoms with Gasteiger partial charge in [-0.1, -0.05) is 78.9 Å². The van der Waals surface area contributed by atoms with E-state index in [2.05, 4.69) is 100 Å². The minimum absolute atomic E-state index is 0.0167. The van der Waals surface area contributed by atoms with Crippen molar-refractivity contribution in [1.29, 1.82) is 0 Å². The lowest BCUT2D eigenvalue weighted by molar-refractivity contribution is 0.103. The normalized spacial score (nSPS) is 13.0. The number of carbonyl (C=O) groups excluding carboxylic acids is 1. The predicted octanol–water partition coefficient (Wildman–Crippen LogP) is 12.7. The fraction of sp³-hybridized carbons (Fsp3) is 0.0408. The number of furan rings is 2. The second-order valence-corrected chi connectivity index (χ2v) is 14.3. The summed E-state index contributed by atoms with van der Waals surface area (Å²) >= 11 is 0. The van der Waals surface area contributed by atoms with Gasteiger partial charge in [-0.05, 0) is 91.7 Å². The van der Waals surface area contributed by atoms with Gasteiger partial charge in [0.15, 0.2) is 16.9 Å². The molecule has 0 N–H and O–H groups in total. The Kier molecular flexibility index (Phi) is 5.98. The smallest absolute Gasteiger partial charge is 0.193 e. The second-order valence-electron chi connectivity index (χ2n) is 14.3. The highest BCUT2D eigenvalue weighted by molar-refractivity contribution is 6.22. The highest BCUT2D eigenvalue weighted by Gasteiger charge is 2.24. The number of benzene rings is 7. The van der Waals surface area contributed by atoms with Crippen LogP contribution in [0.15, 0.2) is 161 Å². The molecule has 0 saturated heterocycles. The predicted molar refractivity (Wildman–Crippen MR) is 219 cm³/mol. The topological polar surface area (TPSA) is 53.2 Å². The van der Waals surface area contributed by atoms with Crippen molar-refractivity contribution in [2.45, 2.75) is 12.8 Å². The van der Waals surface area contributed by atoms with E-state index in [-0.39, 0.29) is 5.78 Å². The SMILES string of the molecule is O=C(c1ccc(-n2c3c(c4ccc5c6ccccc6oc5c42)C=CCC3)cc1)c1ccc(-n2c3ccccc3c3ccc4c5ccccc5oc4c32)cc1. The monoisotopic (exact) mass is 694 g/mol. The van der Waals surface area contributed by atoms with Crippen LogP contribution in [0.25, 0.3) is 94.0 Å². The molecule has 0 saturated carbocycles. The molecule has 1 aliphatic carbocycles. The molecule has 0 spiro atoms. The van der Waals surface area contributed by atoms with Gasteiger partial charge in [-0.2, -0.15) is 0 Å². The van der Waals surface area contributed by atoms with Gasteiger partial charge in [-0.3, -0.25) is 4.79 Å². The standard InChI is InChI=1S/C49H30N2O3/c52-47(29-17-21-31(22-18-29)50-41-13-5-1-9-33(41)37-25-27-39-35-11-3-7-15-43(35)53-48(39)45(37)50)30-19-23-32(24-20-30)51-42-14-6-2-10-34(42)38-26-28-40-36-12-4-8-16-44(36)54-49(40)46(38)51/h1-5,7-13,15-28H,6,14H2. The Balaban J connectivity index is 0.947. The number of rotatable bonds is 4. The van der Waals surface area contributed by atoms with Crippen LogP contribution < -0.4 is 0 Å². The molecule has 254 valence electrons. The van der Waals surface area contributed by atoms with Crippen molar-refractivity contribution >= 4 is 88.4 Å². The minimum Gasteiger partial charge on any atom is -0.454 e. The molecule has 54 heavy (non-hydrogen) atoms. The van der Waals surface area contributed by atoms with E-state index in [1.807, 2.05) is 66.7 Å². The molecule has 7 aromatic carbocycles. The number of nitrogens with zero attached hydrogens (tertiary/aromatic N) is 2. The van der Waals surface area contributed by atoms with Crippen molar-refractivity contribution in [2.24, 2.45) is 0 Å². The molecule has 0 amide bonds. The maximum absolute atomic E-state index is 14.0. The van der Waals surface area contributed by atoms with E-state index < -0.39 is 0 Å². The lowest BCUT2D eigenvalue weighted by atomic mass is 10.0. The number of aromatic nitrogens is 2. The van der Waals surface area contributed by atoms with Gasteiger partial charge in [-0.15, -0.1) is 0 Å². The maximum Gasteiger partial charge on any atom is 0.193 e. The molecule has 4 heterocycles. The Labute approximate surface area is 308 Å². The molecule has 0 aliphatic heterocycles. The van der Waals surface area contributed by atoms with Crippen LogP contribution in [-0.4, -0.2) is 14.9 Å². The Morgan fingerprint density at radius 2 is 1.00 bits per heavy atom. The van der Waals surface area contributed by atoms with Crippen LogP contribution >= 0.6 is 0 Å². The Morgan fingerprint density at radius 1 is 0.481 bits per heavy atom. The van der Waals surface area contributed by atoms with E-state index in [4.69, 9.17) is 8.83 Å². The quantitative estimate of drug-likeness (QED) is 0.172. The van der Waals surface area contributed by atoms with E-state index >= 15 is 0 Å². The first-order valence-electron chi connectivity index (χ1n) is 18.4. The zero-order chi connectivity index (χ0) is 35.5. The lowest BCUT2D eigenvalue weighted by Gasteiger charge is -2.14. The van der Waals surface area contributed by atoms with Crippen LogP contribution in [0.1, 0.15) is 33.6 Å². The number of allylic oxidation sites excluding steroid dienone is 1. The van der Waals surface area contributed by atoms with Crippen molar-refractivity contribution < 1.29 is 13.6 Å². The maximum atomic E-state index is 14.0. The largest absolute Gasteiger partial charge is 0.454 e. The molecule has 0 fully saturated rings. The van der Waals surface area contributed by atoms with Crippen LogP contribution in [0.5, 0.6) is 0 Å². The van der Waals surface area contributed by atoms with Crippen molar-refractivity contribution in [3.05, 3.63) is 174 Å². The van der Waals surface area contributed by atoms with Crippen LogP contribution in [0.3, 0.4) is 0 Å². The second kappa shape index (κ2) is 11.0. The van der Waals surface area contributed by atoms with E-state index in [0.29, 0.717) is 11.1 Å². The fourth-order valence-corrected chi connectivity index (χ4v) is 8.95. The lowest BCUT2D eigenvalue weighted by Crippen LogP contribution is -2.05. The van der Waals surface area contributed by atoms with Gasteiger partial charge < -0.3 is 18.0 Å². The fourth-order valence-electron chi connectivity index (χ4n) is 8.95. The molecule has 0 unspecified atom stereocenters. The van der Waals surface area contributed by atoms with Crippen molar-refractivity contribution in [3.8, 4) is 11.4 Å². The van der Waals surface area contributed by atoms with E-state index in [9.17, 15) is 4.79 Å². The third kappa shape index (κ3) is 4.01. The number of hydrogen-bond acceptors (Lipinski definition) is 3. The summed E-state index contributed by atoms with van der Waals surface area (Å²) in [7, 11) is 0. The minimum atomic E-state index is -0.0167. The summed E-state index contributed by atoms with van der Waals surface area (Å²) in [5.74, 6) is -0.0167. The van der Waals surface area contributed by atoms with Crippen molar-refractivity contribution in [1.82, 2.24) is 9.13 Å². The van der Waals surface area contributed by atoms with Crippen LogP contribution in [0.2, 0.25) is 0 Å². The molecule has 1 aliphatic rings. The summed E-state index contributed by atoms with van der Waals surface area (Å²) in [6, 6.07) is 49.6. The molecule has 0 bridgehead atoms. The van der Waals surface area contributed by atoms with Crippen molar-refractivity contribution in [3.63, 3.8) is 0 Å². The molecule has 5 heteroatoms. The van der Waals surface area contributed by atoms with E-state index in [0.717, 1.165) is 95.4 Å². The van der Waals surface area contributed by atoms with Crippen molar-refractivity contribution in [2.75, 3.05) is 0 Å². The summed E-state index contributed by atoms with van der Waals surface area (Å²) in [4.78, 5) is 14.0. The molecule has 12 rings (SSSR count). The first-order chi connectivity index (χ1) is 26.7. The van der Waals surface area contributed by atoms with Crippen LogP contribution in [-0.2, 0) is 6.42 Å². The third-order valence-corrected chi connectivity index (χ3v) is 11.4. The number of fused-ring (bicyclic) bond motifs is 14. The molecular weight excluding hydrogens is 665 g/mol. The highest BCUT2D eigenvalue weighted by atomic mass is 16.3. The summed E-state index contributed by atoms with van der Waals surface area (Å²) in [6.45, 7) is 0. The van der Waals surface area contributed by atoms with Gasteiger partial charge >= 0.3 is 0 Å². The van der Waals surface area contributed by atoms with Crippen LogP contribution in [0.4, 0.5) is 0 Å². The molecule has 4 aromatic heterocycles. The number of para-hydroxylation sites is 3. The molecule has 0 atom stereocenters. The number of ketones is 1. The molecular formula is C49H30N2O3. The van der Waals surface area contributed by atoms with Gasteiger partial charge in [0.2, 0.25) is 0 Å². The Hall–Kier alpha value is -7.11. The average molecular weight is 695 g/mol. The van der Waals surface area contributed by atoms with Crippen LogP contribution in [0, 0.1) is 0 Å². The molecule has 0 radical (unpaired) electrons. The first-order valence-corrected chi connectivity index (χ1v) is 18.4. The summed E-state index contributed by atoms with van der Waals surface area (Å²) in [6.07, 6.45) is 6.41. The Bertz CT molecular complexity index is 3380. The molecule has 5 nitrogen and oxygen atoms in total. The number of hydrogen-bond donors (Lipinski definition) is 0. The summed E-state index contributed by atoms with van der Waals surface area (Å²) in [5.41, 5.74) is 12.5. The van der Waals surface area contributed by atoms with Gasteiger partial charge in [0, 0.05) is 71.5 Å². The van der Waals surface area contributed by atoms with Gasteiger partial charge in [0.1, 0.15) is 11.2 Å². The zero-order valence-corrected chi connectivity index (χ0v) is 29.0. The highest BCUT2D eigenvalue weighted by Crippen LogP contribution is 2.42.